The van der Waals surface area contributed by atoms with Crippen molar-refractivity contribution < 1.29 is 4.74 Å². The van der Waals surface area contributed by atoms with E-state index in [9.17, 15) is 0 Å². The van der Waals surface area contributed by atoms with Gasteiger partial charge in [-0.3, -0.25) is 0 Å². The molecule has 0 saturated carbocycles. The highest BCUT2D eigenvalue weighted by atomic mass is 32.1. The van der Waals surface area contributed by atoms with Gasteiger partial charge in [-0.15, -0.1) is 11.3 Å². The summed E-state index contributed by atoms with van der Waals surface area (Å²) in [6.07, 6.45) is 3.36. The Bertz CT molecular complexity index is 486. The molecule has 0 radical (unpaired) electrons. The second-order valence-corrected chi connectivity index (χ2v) is 4.69. The minimum atomic E-state index is 0.588. The van der Waals surface area contributed by atoms with Gasteiger partial charge >= 0.3 is 0 Å². The molecule has 2 rings (SSSR count). The number of aryl methyl sites for hydroxylation is 1. The van der Waals surface area contributed by atoms with Crippen LogP contribution in [0.25, 0.3) is 0 Å². The van der Waals surface area contributed by atoms with Gasteiger partial charge in [-0.1, -0.05) is 0 Å². The largest absolute Gasteiger partial charge is 0.478 e. The number of ether oxygens (including phenoxy) is 1. The molecule has 2 heterocycles. The van der Waals surface area contributed by atoms with Crippen LogP contribution < -0.4 is 10.1 Å². The van der Waals surface area contributed by atoms with E-state index in [0.29, 0.717) is 19.0 Å². The number of hydrogen-bond acceptors (Lipinski definition) is 6. The third-order valence-electron chi connectivity index (χ3n) is 2.05. The second-order valence-electron chi connectivity index (χ2n) is 3.37. The van der Waals surface area contributed by atoms with E-state index in [-0.39, 0.29) is 0 Å². The smallest absolute Gasteiger partial charge is 0.218 e. The molecule has 90 valence electrons. The highest BCUT2D eigenvalue weighted by Gasteiger charge is 2.01. The fourth-order valence-electron chi connectivity index (χ4n) is 1.33. The van der Waals surface area contributed by atoms with Crippen molar-refractivity contribution in [2.75, 3.05) is 11.9 Å². The molecule has 0 atom stereocenters. The van der Waals surface area contributed by atoms with Crippen LogP contribution in [0.15, 0.2) is 18.6 Å². The minimum Gasteiger partial charge on any atom is -0.478 e. The van der Waals surface area contributed by atoms with E-state index in [4.69, 9.17) is 4.74 Å². The predicted octanol–water partition coefficient (Wildman–Crippen LogP) is 2.25. The van der Waals surface area contributed by atoms with Crippen molar-refractivity contribution in [3.8, 4) is 5.88 Å². The van der Waals surface area contributed by atoms with Gasteiger partial charge in [-0.2, -0.15) is 0 Å². The molecule has 0 fully saturated rings. The average molecular weight is 250 g/mol. The molecule has 6 heteroatoms. The van der Waals surface area contributed by atoms with E-state index in [2.05, 4.69) is 20.3 Å². The first-order chi connectivity index (χ1) is 8.28. The van der Waals surface area contributed by atoms with Crippen molar-refractivity contribution in [2.24, 2.45) is 0 Å². The standard InChI is InChI=1S/C11H14N4OS/c1-3-16-11-4-10(14-7-15-11)13-6-9-5-12-8(2)17-9/h4-5,7H,3,6H2,1-2H3,(H,13,14,15). The van der Waals surface area contributed by atoms with Gasteiger partial charge in [0.1, 0.15) is 12.1 Å². The van der Waals surface area contributed by atoms with E-state index >= 15 is 0 Å². The van der Waals surface area contributed by atoms with Crippen molar-refractivity contribution in [3.05, 3.63) is 28.5 Å². The summed E-state index contributed by atoms with van der Waals surface area (Å²) in [5, 5.41) is 4.28. The lowest BCUT2D eigenvalue weighted by atomic mass is 10.5. The van der Waals surface area contributed by atoms with E-state index in [0.717, 1.165) is 10.8 Å². The van der Waals surface area contributed by atoms with Crippen LogP contribution in [0.4, 0.5) is 5.82 Å². The topological polar surface area (TPSA) is 59.9 Å². The summed E-state index contributed by atoms with van der Waals surface area (Å²) in [4.78, 5) is 13.5. The Kier molecular flexibility index (Phi) is 3.87. The van der Waals surface area contributed by atoms with Crippen molar-refractivity contribution >= 4 is 17.2 Å². The number of rotatable bonds is 5. The quantitative estimate of drug-likeness (QED) is 0.882. The Morgan fingerprint density at radius 2 is 2.24 bits per heavy atom. The maximum absolute atomic E-state index is 5.30. The van der Waals surface area contributed by atoms with Crippen LogP contribution >= 0.6 is 11.3 Å². The molecule has 0 spiro atoms. The number of hydrogen-bond donors (Lipinski definition) is 1. The maximum atomic E-state index is 5.30. The molecule has 0 aliphatic heterocycles. The van der Waals surface area contributed by atoms with Crippen molar-refractivity contribution in [3.63, 3.8) is 0 Å². The zero-order chi connectivity index (χ0) is 12.1. The fourth-order valence-corrected chi connectivity index (χ4v) is 2.06. The summed E-state index contributed by atoms with van der Waals surface area (Å²) in [6, 6.07) is 1.79. The normalized spacial score (nSPS) is 10.2. The third kappa shape index (κ3) is 3.39. The lowest BCUT2D eigenvalue weighted by molar-refractivity contribution is 0.326. The van der Waals surface area contributed by atoms with Gasteiger partial charge in [0.15, 0.2) is 0 Å². The summed E-state index contributed by atoms with van der Waals surface area (Å²) in [7, 11) is 0. The lowest BCUT2D eigenvalue weighted by Gasteiger charge is -2.05. The van der Waals surface area contributed by atoms with E-state index < -0.39 is 0 Å². The summed E-state index contributed by atoms with van der Waals surface area (Å²) in [5.74, 6) is 1.35. The van der Waals surface area contributed by atoms with Gasteiger partial charge in [0.25, 0.3) is 0 Å². The highest BCUT2D eigenvalue weighted by molar-refractivity contribution is 7.11. The fraction of sp³-hybridized carbons (Fsp3) is 0.364. The van der Waals surface area contributed by atoms with Gasteiger partial charge in [0, 0.05) is 17.1 Å². The number of anilines is 1. The zero-order valence-electron chi connectivity index (χ0n) is 9.80. The molecule has 0 aromatic carbocycles. The summed E-state index contributed by atoms with van der Waals surface area (Å²) < 4.78 is 5.30. The van der Waals surface area contributed by atoms with Gasteiger partial charge in [0.05, 0.1) is 18.2 Å². The molecule has 2 aromatic heterocycles. The summed E-state index contributed by atoms with van der Waals surface area (Å²) in [5.41, 5.74) is 0. The van der Waals surface area contributed by atoms with Crippen molar-refractivity contribution in [1.82, 2.24) is 15.0 Å². The summed E-state index contributed by atoms with van der Waals surface area (Å²) >= 11 is 1.67. The molecule has 5 nitrogen and oxygen atoms in total. The number of thiazole rings is 1. The molecule has 1 N–H and O–H groups in total. The van der Waals surface area contributed by atoms with Crippen molar-refractivity contribution in [1.29, 1.82) is 0 Å². The van der Waals surface area contributed by atoms with Gasteiger partial charge < -0.3 is 10.1 Å². The molecule has 2 aromatic rings. The molecular formula is C11H14N4OS. The second kappa shape index (κ2) is 5.58. The van der Waals surface area contributed by atoms with Crippen LogP contribution in [0, 0.1) is 6.92 Å². The van der Waals surface area contributed by atoms with E-state index in [1.54, 1.807) is 17.4 Å². The monoisotopic (exact) mass is 250 g/mol. The first-order valence-corrected chi connectivity index (χ1v) is 6.19. The molecule has 0 aliphatic rings. The molecular weight excluding hydrogens is 236 g/mol. The highest BCUT2D eigenvalue weighted by Crippen LogP contribution is 2.15. The Hall–Kier alpha value is -1.69. The van der Waals surface area contributed by atoms with Gasteiger partial charge in [0.2, 0.25) is 5.88 Å². The molecule has 0 unspecified atom stereocenters. The van der Waals surface area contributed by atoms with E-state index in [1.807, 2.05) is 20.0 Å². The number of nitrogens with zero attached hydrogens (tertiary/aromatic N) is 3. The van der Waals surface area contributed by atoms with E-state index in [1.165, 1.54) is 11.2 Å². The van der Waals surface area contributed by atoms with Crippen LogP contribution in [-0.2, 0) is 6.54 Å². The summed E-state index contributed by atoms with van der Waals surface area (Å²) in [6.45, 7) is 5.24. The predicted molar refractivity (Wildman–Crippen MR) is 67.4 cm³/mol. The van der Waals surface area contributed by atoms with Crippen LogP contribution in [-0.4, -0.2) is 21.6 Å². The molecule has 0 amide bonds. The average Bonchev–Trinajstić information content (AvgIpc) is 2.74. The van der Waals surface area contributed by atoms with Crippen LogP contribution in [0.3, 0.4) is 0 Å². The first-order valence-electron chi connectivity index (χ1n) is 5.38. The Balaban J connectivity index is 1.96. The number of aromatic nitrogens is 3. The molecule has 0 aliphatic carbocycles. The SMILES string of the molecule is CCOc1cc(NCc2cnc(C)s2)ncn1. The number of nitrogens with one attached hydrogen (secondary N) is 1. The van der Waals surface area contributed by atoms with Crippen LogP contribution in [0.2, 0.25) is 0 Å². The molecule has 0 saturated heterocycles. The Labute approximate surface area is 104 Å². The Morgan fingerprint density at radius 1 is 1.35 bits per heavy atom. The lowest BCUT2D eigenvalue weighted by Crippen LogP contribution is -2.02. The van der Waals surface area contributed by atoms with Gasteiger partial charge in [-0.25, -0.2) is 15.0 Å². The molecule has 0 bridgehead atoms. The van der Waals surface area contributed by atoms with Crippen molar-refractivity contribution in [2.45, 2.75) is 20.4 Å². The third-order valence-corrected chi connectivity index (χ3v) is 2.96. The zero-order valence-corrected chi connectivity index (χ0v) is 10.6. The minimum absolute atomic E-state index is 0.588. The maximum Gasteiger partial charge on any atom is 0.218 e. The van der Waals surface area contributed by atoms with Crippen LogP contribution in [0.5, 0.6) is 5.88 Å². The molecule has 17 heavy (non-hydrogen) atoms. The first kappa shape index (κ1) is 11.8. The Morgan fingerprint density at radius 3 is 2.94 bits per heavy atom. The van der Waals surface area contributed by atoms with Gasteiger partial charge in [-0.05, 0) is 13.8 Å². The van der Waals surface area contributed by atoms with Crippen LogP contribution in [0.1, 0.15) is 16.8 Å².